The Labute approximate surface area is 247 Å². The van der Waals surface area contributed by atoms with E-state index in [9.17, 15) is 0 Å². The van der Waals surface area contributed by atoms with E-state index in [1.165, 1.54) is 25.7 Å². The van der Waals surface area contributed by atoms with Crippen LogP contribution in [0.4, 0.5) is 0 Å². The van der Waals surface area contributed by atoms with Gasteiger partial charge in [-0.2, -0.15) is 0 Å². The summed E-state index contributed by atoms with van der Waals surface area (Å²) < 4.78 is 31.2. The van der Waals surface area contributed by atoms with Crippen molar-refractivity contribution in [3.05, 3.63) is 91.0 Å². The van der Waals surface area contributed by atoms with E-state index in [0.717, 1.165) is 37.1 Å². The SMILES string of the molecule is CCCC.CCCC.c1ccc(OCC2CO2)cc1.c1ccc(OCC2CO2)cc1.c1ccc(OCC2CO2)cc1. The van der Waals surface area contributed by atoms with Gasteiger partial charge in [-0.3, -0.25) is 0 Å². The molecule has 0 radical (unpaired) electrons. The van der Waals surface area contributed by atoms with Crippen molar-refractivity contribution >= 4 is 0 Å². The second-order valence-corrected chi connectivity index (χ2v) is 9.74. The largest absolute Gasteiger partial charge is 0.491 e. The second-order valence-electron chi connectivity index (χ2n) is 9.74. The first-order valence-electron chi connectivity index (χ1n) is 15.1. The molecule has 0 saturated carbocycles. The molecule has 3 saturated heterocycles. The number of ether oxygens (including phenoxy) is 6. The van der Waals surface area contributed by atoms with E-state index >= 15 is 0 Å². The van der Waals surface area contributed by atoms with E-state index in [1.807, 2.05) is 91.0 Å². The van der Waals surface area contributed by atoms with Crippen LogP contribution in [0.5, 0.6) is 17.2 Å². The first-order valence-corrected chi connectivity index (χ1v) is 15.1. The highest BCUT2D eigenvalue weighted by molar-refractivity contribution is 5.22. The summed E-state index contributed by atoms with van der Waals surface area (Å²) in [4.78, 5) is 0. The predicted molar refractivity (Wildman–Crippen MR) is 166 cm³/mol. The molecule has 0 spiro atoms. The standard InChI is InChI=1S/3C9H10O2.2C4H10/c3*1-2-4-8(5-3-1)10-6-9-7-11-9;2*1-3-4-2/h3*1-5,9H,6-7H2;2*3-4H2,1-2H3. The van der Waals surface area contributed by atoms with Crippen LogP contribution in [0.3, 0.4) is 0 Å². The van der Waals surface area contributed by atoms with Crippen LogP contribution in [0.2, 0.25) is 0 Å². The molecule has 3 aromatic carbocycles. The van der Waals surface area contributed by atoms with Crippen molar-refractivity contribution in [2.24, 2.45) is 0 Å². The van der Waals surface area contributed by atoms with Crippen LogP contribution in [0, 0.1) is 0 Å². The van der Waals surface area contributed by atoms with Crippen LogP contribution in [-0.4, -0.2) is 58.0 Å². The van der Waals surface area contributed by atoms with E-state index in [-0.39, 0.29) is 0 Å². The van der Waals surface area contributed by atoms with Crippen LogP contribution in [0.1, 0.15) is 53.4 Å². The molecule has 3 unspecified atom stereocenters. The Kier molecular flexibility index (Phi) is 18.8. The number of para-hydroxylation sites is 3. The van der Waals surface area contributed by atoms with Crippen LogP contribution in [-0.2, 0) is 14.2 Å². The monoisotopic (exact) mass is 566 g/mol. The molecule has 6 nitrogen and oxygen atoms in total. The predicted octanol–water partition coefficient (Wildman–Crippen LogP) is 8.01. The Morgan fingerprint density at radius 3 is 0.829 bits per heavy atom. The topological polar surface area (TPSA) is 65.3 Å². The number of hydrogen-bond donors (Lipinski definition) is 0. The van der Waals surface area contributed by atoms with Gasteiger partial charge in [-0.25, -0.2) is 0 Å². The van der Waals surface area contributed by atoms with Crippen molar-refractivity contribution in [2.75, 3.05) is 39.6 Å². The normalized spacial score (nSPS) is 18.6. The molecule has 0 N–H and O–H groups in total. The van der Waals surface area contributed by atoms with Crippen molar-refractivity contribution in [1.29, 1.82) is 0 Å². The molecule has 3 aliphatic heterocycles. The van der Waals surface area contributed by atoms with E-state index < -0.39 is 0 Å². The zero-order valence-corrected chi connectivity index (χ0v) is 25.4. The summed E-state index contributed by atoms with van der Waals surface area (Å²) in [5, 5.41) is 0. The number of benzene rings is 3. The Morgan fingerprint density at radius 1 is 0.439 bits per heavy atom. The first kappa shape index (κ1) is 34.1. The molecule has 0 aliphatic carbocycles. The van der Waals surface area contributed by atoms with Gasteiger partial charge < -0.3 is 28.4 Å². The lowest BCUT2D eigenvalue weighted by molar-refractivity contribution is 0.263. The molecule has 3 heterocycles. The van der Waals surface area contributed by atoms with Gasteiger partial charge in [-0.15, -0.1) is 0 Å². The fourth-order valence-corrected chi connectivity index (χ4v) is 2.61. The average molecular weight is 567 g/mol. The highest BCUT2D eigenvalue weighted by Crippen LogP contribution is 2.15. The molecule has 41 heavy (non-hydrogen) atoms. The first-order chi connectivity index (χ1) is 20.2. The maximum Gasteiger partial charge on any atom is 0.119 e. The zero-order valence-electron chi connectivity index (χ0n) is 25.4. The molecule has 6 rings (SSSR count). The molecule has 0 bridgehead atoms. The fourth-order valence-electron chi connectivity index (χ4n) is 2.61. The summed E-state index contributed by atoms with van der Waals surface area (Å²) in [5.74, 6) is 2.76. The quantitative estimate of drug-likeness (QED) is 0.219. The Balaban J connectivity index is 0.000000191. The Hall–Kier alpha value is -3.06. The fraction of sp³-hybridized carbons (Fsp3) is 0.486. The highest BCUT2D eigenvalue weighted by Gasteiger charge is 2.24. The van der Waals surface area contributed by atoms with E-state index in [1.54, 1.807) is 0 Å². The van der Waals surface area contributed by atoms with Crippen LogP contribution in [0.25, 0.3) is 0 Å². The maximum absolute atomic E-state index is 5.40. The third-order valence-corrected chi connectivity index (χ3v) is 5.74. The molecular formula is C35H50O6. The van der Waals surface area contributed by atoms with E-state index in [2.05, 4.69) is 27.7 Å². The second kappa shape index (κ2) is 22.6. The van der Waals surface area contributed by atoms with Gasteiger partial charge in [0.25, 0.3) is 0 Å². The van der Waals surface area contributed by atoms with Gasteiger partial charge in [-0.05, 0) is 36.4 Å². The number of unbranched alkanes of at least 4 members (excludes halogenated alkanes) is 2. The molecule has 3 atom stereocenters. The number of hydrogen-bond acceptors (Lipinski definition) is 6. The van der Waals surface area contributed by atoms with Gasteiger partial charge in [-0.1, -0.05) is 108 Å². The summed E-state index contributed by atoms with van der Waals surface area (Å²) >= 11 is 0. The van der Waals surface area contributed by atoms with E-state index in [0.29, 0.717) is 38.1 Å². The van der Waals surface area contributed by atoms with Crippen molar-refractivity contribution in [3.63, 3.8) is 0 Å². The lowest BCUT2D eigenvalue weighted by atomic mass is 10.3. The number of rotatable bonds is 11. The zero-order chi connectivity index (χ0) is 29.4. The molecular weight excluding hydrogens is 516 g/mol. The van der Waals surface area contributed by atoms with E-state index in [4.69, 9.17) is 28.4 Å². The Morgan fingerprint density at radius 2 is 0.659 bits per heavy atom. The van der Waals surface area contributed by atoms with Gasteiger partial charge >= 0.3 is 0 Å². The summed E-state index contributed by atoms with van der Waals surface area (Å²) in [7, 11) is 0. The van der Waals surface area contributed by atoms with Gasteiger partial charge in [0.15, 0.2) is 0 Å². The summed E-state index contributed by atoms with van der Waals surface area (Å²) in [6.45, 7) is 13.3. The van der Waals surface area contributed by atoms with Crippen LogP contribution < -0.4 is 14.2 Å². The number of epoxide rings is 3. The van der Waals surface area contributed by atoms with Crippen molar-refractivity contribution < 1.29 is 28.4 Å². The lowest BCUT2D eigenvalue weighted by Crippen LogP contribution is -2.03. The molecule has 0 amide bonds. The third kappa shape index (κ3) is 20.5. The van der Waals surface area contributed by atoms with Crippen molar-refractivity contribution in [3.8, 4) is 17.2 Å². The molecule has 3 aromatic rings. The minimum atomic E-state index is 0.343. The van der Waals surface area contributed by atoms with Crippen molar-refractivity contribution in [1.82, 2.24) is 0 Å². The molecule has 3 aliphatic rings. The lowest BCUT2D eigenvalue weighted by Gasteiger charge is -2.01. The van der Waals surface area contributed by atoms with Gasteiger partial charge in [0.05, 0.1) is 19.8 Å². The van der Waals surface area contributed by atoms with Gasteiger partial charge in [0.2, 0.25) is 0 Å². The smallest absolute Gasteiger partial charge is 0.119 e. The summed E-state index contributed by atoms with van der Waals surface area (Å²) in [6, 6.07) is 29.4. The maximum atomic E-state index is 5.40. The van der Waals surface area contributed by atoms with Crippen molar-refractivity contribution in [2.45, 2.75) is 71.7 Å². The van der Waals surface area contributed by atoms with Gasteiger partial charge in [0, 0.05) is 0 Å². The molecule has 226 valence electrons. The Bertz CT molecular complexity index is 827. The van der Waals surface area contributed by atoms with Crippen LogP contribution >= 0.6 is 0 Å². The average Bonchev–Trinajstić information content (AvgIpc) is 3.90. The third-order valence-electron chi connectivity index (χ3n) is 5.74. The molecule has 3 fully saturated rings. The van der Waals surface area contributed by atoms with Gasteiger partial charge in [0.1, 0.15) is 55.4 Å². The minimum absolute atomic E-state index is 0.343. The molecule has 6 heteroatoms. The summed E-state index contributed by atoms with van der Waals surface area (Å²) in [5.41, 5.74) is 0. The summed E-state index contributed by atoms with van der Waals surface area (Å²) in [6.07, 6.45) is 6.31. The minimum Gasteiger partial charge on any atom is -0.491 e. The molecule has 0 aromatic heterocycles. The van der Waals surface area contributed by atoms with Crippen LogP contribution in [0.15, 0.2) is 91.0 Å². The highest BCUT2D eigenvalue weighted by atomic mass is 16.6.